The van der Waals surface area contributed by atoms with E-state index in [0.29, 0.717) is 6.42 Å². The maximum atomic E-state index is 12.3. The molecule has 0 aliphatic heterocycles. The molecule has 0 aromatic carbocycles. The zero-order valence-corrected chi connectivity index (χ0v) is 21.4. The topological polar surface area (TPSA) is 49.4 Å². The second-order valence-electron chi connectivity index (χ2n) is 7.71. The summed E-state index contributed by atoms with van der Waals surface area (Å²) in [6.45, 7) is 10.4. The van der Waals surface area contributed by atoms with Gasteiger partial charge in [-0.05, 0) is 65.7 Å². The molecule has 1 rings (SSSR count). The van der Waals surface area contributed by atoms with Crippen molar-refractivity contribution >= 4 is 5.78 Å². The molecule has 0 aromatic heterocycles. The van der Waals surface area contributed by atoms with Crippen molar-refractivity contribution in [1.29, 1.82) is 0 Å². The Morgan fingerprint density at radius 3 is 2.19 bits per heavy atom. The first-order valence-corrected chi connectivity index (χ1v) is 9.66. The Kier molecular flexibility index (Phi) is 14.1. The first kappa shape index (κ1) is 27.0. The third-order valence-corrected chi connectivity index (χ3v) is 5.12. The fourth-order valence-corrected chi connectivity index (χ4v) is 3.24. The van der Waals surface area contributed by atoms with Crippen LogP contribution in [-0.2, 0) is 9.53 Å². The zero-order chi connectivity index (χ0) is 19.7. The molecule has 0 fully saturated rings. The van der Waals surface area contributed by atoms with E-state index in [9.17, 15) is 9.90 Å². The maximum absolute atomic E-state index is 12.3. The van der Waals surface area contributed by atoms with Gasteiger partial charge in [0.05, 0.1) is 7.11 Å². The summed E-state index contributed by atoms with van der Waals surface area (Å²) in [5.74, 6) is -0.287. The van der Waals surface area contributed by atoms with Crippen molar-refractivity contribution in [2.75, 3.05) is 7.11 Å². The molecule has 0 N–H and O–H groups in total. The van der Waals surface area contributed by atoms with Gasteiger partial charge in [-0.15, -0.1) is 0 Å². The minimum absolute atomic E-state index is 0. The van der Waals surface area contributed by atoms with Crippen LogP contribution in [0.3, 0.4) is 0 Å². The number of ether oxygens (including phenoxy) is 1. The third kappa shape index (κ3) is 9.86. The average Bonchev–Trinajstić information content (AvgIpc) is 2.57. The molecule has 3 unspecified atom stereocenters. The molecular weight excluding hydrogens is 363 g/mol. The number of methoxy groups -OCH3 is 1. The van der Waals surface area contributed by atoms with Gasteiger partial charge in [-0.3, -0.25) is 4.79 Å². The fourth-order valence-electron chi connectivity index (χ4n) is 3.24. The van der Waals surface area contributed by atoms with E-state index in [1.807, 2.05) is 6.92 Å². The molecule has 0 heterocycles. The third-order valence-electron chi connectivity index (χ3n) is 5.12. The van der Waals surface area contributed by atoms with Gasteiger partial charge in [-0.25, -0.2) is 0 Å². The molecule has 1 aliphatic rings. The average molecular weight is 399 g/mol. The summed E-state index contributed by atoms with van der Waals surface area (Å²) in [6, 6.07) is 0. The van der Waals surface area contributed by atoms with Crippen LogP contribution < -0.4 is 56.5 Å². The van der Waals surface area contributed by atoms with Gasteiger partial charge in [-0.2, -0.15) is 0 Å². The normalized spacial score (nSPS) is 23.4. The number of carbonyl (C=O) groups is 1. The summed E-state index contributed by atoms with van der Waals surface area (Å²) in [7, 11) is 1.45. The van der Waals surface area contributed by atoms with Crippen LogP contribution in [0.5, 0.6) is 0 Å². The minimum Gasteiger partial charge on any atom is -0.849 e. The van der Waals surface area contributed by atoms with Crippen molar-refractivity contribution in [1.82, 2.24) is 0 Å². The van der Waals surface area contributed by atoms with E-state index in [1.54, 1.807) is 0 Å². The van der Waals surface area contributed by atoms with E-state index in [1.165, 1.54) is 29.9 Å². The predicted molar refractivity (Wildman–Crippen MR) is 107 cm³/mol. The van der Waals surface area contributed by atoms with Crippen molar-refractivity contribution in [3.05, 3.63) is 46.8 Å². The number of carbonyl (C=O) groups excluding carboxylic acids is 1. The Morgan fingerprint density at radius 1 is 1.07 bits per heavy atom. The molecule has 0 aromatic rings. The van der Waals surface area contributed by atoms with E-state index in [2.05, 4.69) is 45.9 Å². The summed E-state index contributed by atoms with van der Waals surface area (Å²) in [4.78, 5) is 12.2. The fraction of sp³-hybridized carbons (Fsp3) is 0.609. The minimum atomic E-state index is -0.876. The van der Waals surface area contributed by atoms with Gasteiger partial charge in [0.15, 0.2) is 11.5 Å². The molecule has 27 heavy (non-hydrogen) atoms. The molecule has 146 valence electrons. The zero-order valence-electron chi connectivity index (χ0n) is 18.3. The molecule has 3 nitrogen and oxygen atoms in total. The number of allylic oxidation sites excluding steroid dienone is 7. The SMILES string of the molecule is COC1=CC([O-])C(C/C=C(\C)CC/C=C(\C)CCC=C(C)C)C(C)C1=O.[K+]. The number of Topliss-reactive ketones (excluding diaryl/α,β-unsaturated/α-hetero) is 1. The standard InChI is InChI=1S/C23H35O3.K/c1-16(2)9-7-10-17(3)11-8-12-18(4)13-14-20-19(5)23(25)22(26-6)15-21(20)24;/h9,11,13,15,19-21H,7-8,10,12,14H2,1-6H3;/q-1;+1/b17-11+,18-13+;. The van der Waals surface area contributed by atoms with Gasteiger partial charge in [0, 0.05) is 5.92 Å². The number of rotatable bonds is 9. The van der Waals surface area contributed by atoms with Crippen LogP contribution in [0, 0.1) is 11.8 Å². The van der Waals surface area contributed by atoms with E-state index in [0.717, 1.165) is 25.7 Å². The van der Waals surface area contributed by atoms with Gasteiger partial charge in [0.2, 0.25) is 0 Å². The number of ketones is 1. The van der Waals surface area contributed by atoms with Crippen LogP contribution in [0.4, 0.5) is 0 Å². The van der Waals surface area contributed by atoms with Crippen molar-refractivity contribution in [2.24, 2.45) is 11.8 Å². The van der Waals surface area contributed by atoms with E-state index in [-0.39, 0.29) is 74.8 Å². The maximum Gasteiger partial charge on any atom is 1.00 e. The monoisotopic (exact) mass is 398 g/mol. The van der Waals surface area contributed by atoms with Crippen LogP contribution in [0.25, 0.3) is 0 Å². The first-order chi connectivity index (χ1) is 12.3. The largest absolute Gasteiger partial charge is 1.00 e. The van der Waals surface area contributed by atoms with Crippen LogP contribution >= 0.6 is 0 Å². The van der Waals surface area contributed by atoms with Crippen LogP contribution in [0.2, 0.25) is 0 Å². The Bertz CT molecular complexity index is 595. The summed E-state index contributed by atoms with van der Waals surface area (Å²) >= 11 is 0. The van der Waals surface area contributed by atoms with Gasteiger partial charge < -0.3 is 9.84 Å². The van der Waals surface area contributed by atoms with Crippen LogP contribution in [0.15, 0.2) is 46.8 Å². The van der Waals surface area contributed by atoms with Crippen molar-refractivity contribution < 1.29 is 66.0 Å². The molecule has 0 spiro atoms. The van der Waals surface area contributed by atoms with Crippen molar-refractivity contribution in [3.63, 3.8) is 0 Å². The molecular formula is C23H35KO3. The van der Waals surface area contributed by atoms with Gasteiger partial charge >= 0.3 is 51.4 Å². The number of hydrogen-bond acceptors (Lipinski definition) is 3. The summed E-state index contributed by atoms with van der Waals surface area (Å²) in [6.07, 6.45) is 12.2. The van der Waals surface area contributed by atoms with Gasteiger partial charge in [0.25, 0.3) is 0 Å². The van der Waals surface area contributed by atoms with Crippen LogP contribution in [0.1, 0.15) is 66.7 Å². The van der Waals surface area contributed by atoms with Crippen molar-refractivity contribution in [2.45, 2.75) is 72.8 Å². The molecule has 4 heteroatoms. The Labute approximate surface area is 208 Å². The molecule has 0 radical (unpaired) electrons. The van der Waals surface area contributed by atoms with Crippen molar-refractivity contribution in [3.8, 4) is 0 Å². The van der Waals surface area contributed by atoms with Gasteiger partial charge in [-0.1, -0.05) is 54.1 Å². The number of hydrogen-bond donors (Lipinski definition) is 0. The predicted octanol–water partition coefficient (Wildman–Crippen LogP) is 1.89. The Balaban J connectivity index is 0.00000676. The molecule has 0 saturated carbocycles. The molecule has 1 aliphatic carbocycles. The smallest absolute Gasteiger partial charge is 0.849 e. The van der Waals surface area contributed by atoms with E-state index in [4.69, 9.17) is 4.74 Å². The molecule has 0 bridgehead atoms. The first-order valence-electron chi connectivity index (χ1n) is 9.66. The molecule has 0 amide bonds. The van der Waals surface area contributed by atoms with Gasteiger partial charge in [0.1, 0.15) is 0 Å². The second kappa shape index (κ2) is 14.1. The summed E-state index contributed by atoms with van der Waals surface area (Å²) in [5.41, 5.74) is 4.08. The van der Waals surface area contributed by atoms with E-state index >= 15 is 0 Å². The second-order valence-corrected chi connectivity index (χ2v) is 7.71. The quantitative estimate of drug-likeness (QED) is 0.440. The molecule has 0 saturated heterocycles. The Hall–Kier alpha value is 0.0264. The molecule has 3 atom stereocenters. The summed E-state index contributed by atoms with van der Waals surface area (Å²) in [5, 5.41) is 12.3. The van der Waals surface area contributed by atoms with E-state index < -0.39 is 6.10 Å². The van der Waals surface area contributed by atoms with Crippen LogP contribution in [-0.4, -0.2) is 19.0 Å². The Morgan fingerprint density at radius 2 is 1.63 bits per heavy atom. The summed E-state index contributed by atoms with van der Waals surface area (Å²) < 4.78 is 5.02.